The van der Waals surface area contributed by atoms with Crippen LogP contribution in [0.15, 0.2) is 84.6 Å². The van der Waals surface area contributed by atoms with Crippen molar-refractivity contribution in [2.24, 2.45) is 0 Å². The molecule has 2 amide bonds. The summed E-state index contributed by atoms with van der Waals surface area (Å²) in [5.41, 5.74) is 3.16. The molecule has 174 valence electrons. The molecule has 34 heavy (non-hydrogen) atoms. The van der Waals surface area contributed by atoms with Gasteiger partial charge < -0.3 is 14.4 Å². The number of para-hydroxylation sites is 2. The number of hydrogen-bond donors (Lipinski definition) is 0. The van der Waals surface area contributed by atoms with Crippen LogP contribution in [0.5, 0.6) is 11.5 Å². The molecule has 0 saturated carbocycles. The van der Waals surface area contributed by atoms with Gasteiger partial charge in [-0.25, -0.2) is 0 Å². The van der Waals surface area contributed by atoms with E-state index < -0.39 is 0 Å². The van der Waals surface area contributed by atoms with Crippen molar-refractivity contribution >= 4 is 17.4 Å². The van der Waals surface area contributed by atoms with E-state index in [1.54, 1.807) is 20.3 Å². The highest BCUT2D eigenvalue weighted by Gasteiger charge is 2.42. The molecule has 0 aromatic heterocycles. The molecule has 6 nitrogen and oxygen atoms in total. The first-order valence-electron chi connectivity index (χ1n) is 11.2. The second-order valence-corrected chi connectivity index (χ2v) is 7.93. The van der Waals surface area contributed by atoms with Gasteiger partial charge in [-0.15, -0.1) is 0 Å². The fourth-order valence-electron chi connectivity index (χ4n) is 4.25. The monoisotopic (exact) mass is 456 g/mol. The molecular formula is C28H28N2O4. The number of ether oxygens (including phenoxy) is 2. The number of likely N-dealkylation sites (N-methyl/N-ethyl adjacent to an activating group) is 1. The minimum Gasteiger partial charge on any atom is -0.496 e. The van der Waals surface area contributed by atoms with Crippen molar-refractivity contribution in [3.63, 3.8) is 0 Å². The fourth-order valence-corrected chi connectivity index (χ4v) is 4.25. The third-order valence-corrected chi connectivity index (χ3v) is 5.96. The highest BCUT2D eigenvalue weighted by molar-refractivity contribution is 6.35. The first kappa shape index (κ1) is 23.1. The van der Waals surface area contributed by atoms with Crippen LogP contribution in [0.1, 0.15) is 23.6 Å². The standard InChI is InChI=1S/C28H28N2O4/c1-4-29(18-20-12-6-5-7-13-20)26-25(22-15-9-11-17-24(22)34-3)27(31)30(28(26)32)19-21-14-8-10-16-23(21)33-2/h5-17H,4,18-19H2,1-3H3. The molecule has 0 radical (unpaired) electrons. The molecule has 4 rings (SSSR count). The molecule has 1 heterocycles. The summed E-state index contributed by atoms with van der Waals surface area (Å²) in [5.74, 6) is 0.509. The van der Waals surface area contributed by atoms with Gasteiger partial charge in [-0.1, -0.05) is 66.7 Å². The number of amides is 2. The van der Waals surface area contributed by atoms with Crippen LogP contribution in [0.25, 0.3) is 5.57 Å². The second-order valence-electron chi connectivity index (χ2n) is 7.93. The molecule has 3 aromatic carbocycles. The maximum absolute atomic E-state index is 13.8. The van der Waals surface area contributed by atoms with Crippen LogP contribution in [-0.2, 0) is 22.7 Å². The zero-order valence-electron chi connectivity index (χ0n) is 19.7. The average Bonchev–Trinajstić information content (AvgIpc) is 3.12. The number of benzene rings is 3. The van der Waals surface area contributed by atoms with Gasteiger partial charge in [-0.2, -0.15) is 0 Å². The normalized spacial score (nSPS) is 13.4. The summed E-state index contributed by atoms with van der Waals surface area (Å²) in [6, 6.07) is 24.6. The topological polar surface area (TPSA) is 59.1 Å². The second kappa shape index (κ2) is 10.3. The third kappa shape index (κ3) is 4.39. The van der Waals surface area contributed by atoms with E-state index in [1.807, 2.05) is 84.6 Å². The van der Waals surface area contributed by atoms with Gasteiger partial charge in [-0.3, -0.25) is 14.5 Å². The van der Waals surface area contributed by atoms with Crippen LogP contribution in [-0.4, -0.2) is 42.4 Å². The molecule has 1 aliphatic rings. The zero-order chi connectivity index (χ0) is 24.1. The fraction of sp³-hybridized carbons (Fsp3) is 0.214. The van der Waals surface area contributed by atoms with Crippen molar-refractivity contribution in [1.29, 1.82) is 0 Å². The molecule has 0 atom stereocenters. The smallest absolute Gasteiger partial charge is 0.278 e. The molecule has 0 fully saturated rings. The number of rotatable bonds is 9. The Morgan fingerprint density at radius 2 is 1.38 bits per heavy atom. The number of nitrogens with zero attached hydrogens (tertiary/aromatic N) is 2. The van der Waals surface area contributed by atoms with E-state index in [4.69, 9.17) is 9.47 Å². The molecular weight excluding hydrogens is 428 g/mol. The molecule has 0 unspecified atom stereocenters. The van der Waals surface area contributed by atoms with Gasteiger partial charge in [0.15, 0.2) is 0 Å². The van der Waals surface area contributed by atoms with E-state index >= 15 is 0 Å². The zero-order valence-corrected chi connectivity index (χ0v) is 19.7. The van der Waals surface area contributed by atoms with E-state index in [-0.39, 0.29) is 18.4 Å². The Kier molecular flexibility index (Phi) is 6.97. The number of methoxy groups -OCH3 is 2. The summed E-state index contributed by atoms with van der Waals surface area (Å²) in [6.45, 7) is 3.17. The first-order chi connectivity index (χ1) is 16.6. The van der Waals surface area contributed by atoms with Crippen molar-refractivity contribution in [3.8, 4) is 11.5 Å². The maximum Gasteiger partial charge on any atom is 0.278 e. The Hall–Kier alpha value is -4.06. The highest BCUT2D eigenvalue weighted by Crippen LogP contribution is 2.37. The number of imide groups is 1. The predicted octanol–water partition coefficient (Wildman–Crippen LogP) is 4.51. The van der Waals surface area contributed by atoms with Gasteiger partial charge in [0.05, 0.1) is 26.3 Å². The van der Waals surface area contributed by atoms with E-state index in [0.29, 0.717) is 41.4 Å². The Balaban J connectivity index is 1.81. The Morgan fingerprint density at radius 1 is 0.765 bits per heavy atom. The van der Waals surface area contributed by atoms with Crippen molar-refractivity contribution in [2.45, 2.75) is 20.0 Å². The number of hydrogen-bond acceptors (Lipinski definition) is 5. The lowest BCUT2D eigenvalue weighted by Gasteiger charge is -2.25. The third-order valence-electron chi connectivity index (χ3n) is 5.96. The van der Waals surface area contributed by atoms with Crippen LogP contribution in [0, 0.1) is 0 Å². The van der Waals surface area contributed by atoms with Crippen LogP contribution in [0.3, 0.4) is 0 Å². The Labute approximate surface area is 200 Å². The highest BCUT2D eigenvalue weighted by atomic mass is 16.5. The number of carbonyl (C=O) groups is 2. The molecule has 0 spiro atoms. The van der Waals surface area contributed by atoms with Crippen molar-refractivity contribution in [1.82, 2.24) is 9.80 Å². The summed E-state index contributed by atoms with van der Waals surface area (Å²) in [7, 11) is 3.14. The van der Waals surface area contributed by atoms with E-state index in [2.05, 4.69) is 0 Å². The maximum atomic E-state index is 13.8. The van der Waals surface area contributed by atoms with Gasteiger partial charge in [0, 0.05) is 24.2 Å². The molecule has 0 bridgehead atoms. The van der Waals surface area contributed by atoms with Gasteiger partial charge >= 0.3 is 0 Å². The van der Waals surface area contributed by atoms with Crippen LogP contribution < -0.4 is 9.47 Å². The minimum absolute atomic E-state index is 0.118. The first-order valence-corrected chi connectivity index (χ1v) is 11.2. The largest absolute Gasteiger partial charge is 0.496 e. The summed E-state index contributed by atoms with van der Waals surface area (Å²) in [6.07, 6.45) is 0. The molecule has 0 N–H and O–H groups in total. The van der Waals surface area contributed by atoms with E-state index in [0.717, 1.165) is 11.1 Å². The van der Waals surface area contributed by atoms with Crippen molar-refractivity contribution < 1.29 is 19.1 Å². The van der Waals surface area contributed by atoms with Crippen LogP contribution in [0.2, 0.25) is 0 Å². The van der Waals surface area contributed by atoms with Crippen LogP contribution in [0.4, 0.5) is 0 Å². The van der Waals surface area contributed by atoms with E-state index in [1.165, 1.54) is 4.90 Å². The Bertz CT molecular complexity index is 1220. The predicted molar refractivity (Wildman–Crippen MR) is 131 cm³/mol. The quantitative estimate of drug-likeness (QED) is 0.444. The lowest BCUT2D eigenvalue weighted by molar-refractivity contribution is -0.138. The molecule has 1 aliphatic heterocycles. The molecule has 0 saturated heterocycles. The van der Waals surface area contributed by atoms with Gasteiger partial charge in [0.2, 0.25) is 0 Å². The Morgan fingerprint density at radius 3 is 2.06 bits per heavy atom. The lowest BCUT2D eigenvalue weighted by atomic mass is 10.0. The van der Waals surface area contributed by atoms with E-state index in [9.17, 15) is 9.59 Å². The SMILES string of the molecule is CCN(Cc1ccccc1)C1=C(c2ccccc2OC)C(=O)N(Cc2ccccc2OC)C1=O. The van der Waals surface area contributed by atoms with Gasteiger partial charge in [0.1, 0.15) is 17.2 Å². The van der Waals surface area contributed by atoms with Crippen LogP contribution >= 0.6 is 0 Å². The summed E-state index contributed by atoms with van der Waals surface area (Å²) < 4.78 is 11.0. The van der Waals surface area contributed by atoms with Gasteiger partial charge in [-0.05, 0) is 24.6 Å². The van der Waals surface area contributed by atoms with Crippen molar-refractivity contribution in [2.75, 3.05) is 20.8 Å². The number of carbonyl (C=O) groups excluding carboxylic acids is 2. The minimum atomic E-state index is -0.345. The summed E-state index contributed by atoms with van der Waals surface area (Å²) >= 11 is 0. The average molecular weight is 457 g/mol. The molecule has 0 aliphatic carbocycles. The summed E-state index contributed by atoms with van der Waals surface area (Å²) in [4.78, 5) is 30.9. The van der Waals surface area contributed by atoms with Crippen molar-refractivity contribution in [3.05, 3.63) is 101 Å². The van der Waals surface area contributed by atoms with Gasteiger partial charge in [0.25, 0.3) is 11.8 Å². The molecule has 6 heteroatoms. The molecule has 3 aromatic rings. The lowest BCUT2D eigenvalue weighted by Crippen LogP contribution is -2.34. The summed E-state index contributed by atoms with van der Waals surface area (Å²) in [5, 5.41) is 0.